The minimum Gasteiger partial charge on any atom is -0.350 e. The van der Waals surface area contributed by atoms with Crippen LogP contribution in [0.15, 0.2) is 23.7 Å². The monoisotopic (exact) mass is 355 g/mol. The number of hydrogen-bond acceptors (Lipinski definition) is 4. The average molecular weight is 355 g/mol. The number of nitrogens with one attached hydrogen (secondary N) is 2. The zero-order valence-electron chi connectivity index (χ0n) is 15.2. The zero-order chi connectivity index (χ0) is 18.4. The molecule has 0 fully saturated rings. The van der Waals surface area contributed by atoms with Crippen LogP contribution in [-0.4, -0.2) is 43.8 Å². The summed E-state index contributed by atoms with van der Waals surface area (Å²) in [6.07, 6.45) is 7.26. The molecule has 0 radical (unpaired) electrons. The first kappa shape index (κ1) is 16.7. The number of carbonyl (C=O) groups is 1. The van der Waals surface area contributed by atoms with E-state index in [-0.39, 0.29) is 11.9 Å². The van der Waals surface area contributed by atoms with Crippen molar-refractivity contribution >= 4 is 17.1 Å². The quantitative estimate of drug-likeness (QED) is 0.826. The predicted molar refractivity (Wildman–Crippen MR) is 96.1 cm³/mol. The number of carbonyl (C=O) groups excluding carboxylic acids is 1. The Morgan fingerprint density at radius 3 is 2.92 bits per heavy atom. The molecule has 1 amide bonds. The van der Waals surface area contributed by atoms with Crippen LogP contribution in [0.1, 0.15) is 61.6 Å². The number of nitroso groups, excluding NO2 is 1. The van der Waals surface area contributed by atoms with E-state index in [4.69, 9.17) is 0 Å². The van der Waals surface area contributed by atoms with Gasteiger partial charge in [0.25, 0.3) is 5.91 Å². The van der Waals surface area contributed by atoms with E-state index in [1.807, 2.05) is 13.8 Å². The summed E-state index contributed by atoms with van der Waals surface area (Å²) >= 11 is 0. The molecule has 1 atom stereocenters. The molecule has 2 aliphatic rings. The van der Waals surface area contributed by atoms with Crippen molar-refractivity contribution in [3.8, 4) is 0 Å². The Morgan fingerprint density at radius 2 is 2.15 bits per heavy atom. The second-order valence-corrected chi connectivity index (χ2v) is 7.23. The van der Waals surface area contributed by atoms with Gasteiger partial charge >= 0.3 is 6.04 Å². The summed E-state index contributed by atoms with van der Waals surface area (Å²) in [6.45, 7) is 3.81. The molecule has 0 spiro atoms. The van der Waals surface area contributed by atoms with Crippen LogP contribution in [-0.2, 0) is 0 Å². The molecule has 0 saturated heterocycles. The number of H-pyrrole nitrogens is 1. The van der Waals surface area contributed by atoms with Crippen LogP contribution in [0.4, 0.5) is 0 Å². The second-order valence-electron chi connectivity index (χ2n) is 7.23. The summed E-state index contributed by atoms with van der Waals surface area (Å²) in [5.41, 5.74) is 4.32. The molecule has 1 aliphatic carbocycles. The van der Waals surface area contributed by atoms with E-state index in [0.717, 1.165) is 41.8 Å². The molecular weight excluding hydrogens is 332 g/mol. The number of fused-ring (bicyclic) bond motifs is 1. The maximum atomic E-state index is 12.8. The molecular formula is C18H23N6O2+. The van der Waals surface area contributed by atoms with Gasteiger partial charge in [0.2, 0.25) is 0 Å². The summed E-state index contributed by atoms with van der Waals surface area (Å²) in [4.78, 5) is 38.2. The first-order valence-corrected chi connectivity index (χ1v) is 9.04. The van der Waals surface area contributed by atoms with Gasteiger partial charge < -0.3 is 10.3 Å². The smallest absolute Gasteiger partial charge is 0.301 e. The molecule has 1 aliphatic heterocycles. The zero-order valence-corrected chi connectivity index (χ0v) is 15.2. The lowest BCUT2D eigenvalue weighted by Crippen LogP contribution is -2.30. The van der Waals surface area contributed by atoms with Gasteiger partial charge in [0.1, 0.15) is 16.1 Å². The highest BCUT2D eigenvalue weighted by Gasteiger charge is 2.48. The van der Waals surface area contributed by atoms with Crippen LogP contribution in [0.5, 0.6) is 0 Å². The maximum absolute atomic E-state index is 12.8. The SMILES string of the molecule is CC(C)NC(=O)c1c[nH]c2ncc(C3C4=C(CCCC4)N(C)[N+]3=O)nc12. The minimum atomic E-state index is -0.455. The second kappa shape index (κ2) is 6.19. The first-order chi connectivity index (χ1) is 12.5. The molecule has 0 aromatic carbocycles. The number of hydrazine groups is 1. The lowest BCUT2D eigenvalue weighted by molar-refractivity contribution is -0.708. The molecule has 0 saturated carbocycles. The van der Waals surface area contributed by atoms with Crippen LogP contribution in [0.25, 0.3) is 11.2 Å². The minimum absolute atomic E-state index is 0.0270. The molecule has 2 N–H and O–H groups in total. The first-order valence-electron chi connectivity index (χ1n) is 9.04. The predicted octanol–water partition coefficient (Wildman–Crippen LogP) is 2.60. The summed E-state index contributed by atoms with van der Waals surface area (Å²) in [5, 5.41) is 4.56. The van der Waals surface area contributed by atoms with Crippen molar-refractivity contribution in [2.75, 3.05) is 7.05 Å². The Morgan fingerprint density at radius 1 is 1.38 bits per heavy atom. The Labute approximate surface area is 151 Å². The van der Waals surface area contributed by atoms with Crippen molar-refractivity contribution in [3.63, 3.8) is 0 Å². The van der Waals surface area contributed by atoms with Crippen LogP contribution in [0.3, 0.4) is 0 Å². The van der Waals surface area contributed by atoms with Gasteiger partial charge in [0.05, 0.1) is 29.4 Å². The van der Waals surface area contributed by atoms with Gasteiger partial charge in [-0.3, -0.25) is 4.79 Å². The third kappa shape index (κ3) is 2.56. The normalized spacial score (nSPS) is 20.2. The Kier molecular flexibility index (Phi) is 3.97. The molecule has 2 aromatic rings. The molecule has 8 heteroatoms. The van der Waals surface area contributed by atoms with Gasteiger partial charge in [0, 0.05) is 17.8 Å². The highest BCUT2D eigenvalue weighted by Crippen LogP contribution is 2.42. The fraction of sp³-hybridized carbons (Fsp3) is 0.500. The number of hydrogen-bond donors (Lipinski definition) is 2. The van der Waals surface area contributed by atoms with Crippen LogP contribution in [0.2, 0.25) is 0 Å². The van der Waals surface area contributed by atoms with E-state index in [9.17, 15) is 9.70 Å². The summed E-state index contributed by atoms with van der Waals surface area (Å²) < 4.78 is 0. The highest BCUT2D eigenvalue weighted by atomic mass is 16.3. The van der Waals surface area contributed by atoms with E-state index in [1.54, 1.807) is 24.5 Å². The Bertz CT molecular complexity index is 929. The van der Waals surface area contributed by atoms with Gasteiger partial charge in [-0.25, -0.2) is 9.97 Å². The maximum Gasteiger partial charge on any atom is 0.301 e. The topological polar surface area (TPSA) is 94.0 Å². The van der Waals surface area contributed by atoms with Crippen molar-refractivity contribution in [3.05, 3.63) is 39.8 Å². The summed E-state index contributed by atoms with van der Waals surface area (Å²) in [7, 11) is 1.80. The largest absolute Gasteiger partial charge is 0.350 e. The third-order valence-corrected chi connectivity index (χ3v) is 5.06. The molecule has 0 bridgehead atoms. The van der Waals surface area contributed by atoms with Gasteiger partial charge in [-0.1, -0.05) is 0 Å². The molecule has 4 rings (SSSR count). The number of rotatable bonds is 3. The van der Waals surface area contributed by atoms with E-state index < -0.39 is 6.04 Å². The molecule has 3 heterocycles. The summed E-state index contributed by atoms with van der Waals surface area (Å²) in [5.74, 6) is -0.196. The average Bonchev–Trinajstić information content (AvgIpc) is 3.14. The van der Waals surface area contributed by atoms with Crippen LogP contribution >= 0.6 is 0 Å². The Hall–Kier alpha value is -2.77. The standard InChI is InChI=1S/C18H22N6O2/c1-10(2)21-18(25)12-8-19-17-15(12)22-13(9-20-17)16-11-6-4-5-7-14(11)23(3)24(16)26/h8-10,16H,4-7H2,1-3H3,(H-,19,20,21,22,25)/p+1. The van der Waals surface area contributed by atoms with Crippen molar-refractivity contribution in [1.29, 1.82) is 0 Å². The van der Waals surface area contributed by atoms with Crippen molar-refractivity contribution in [1.82, 2.24) is 25.3 Å². The fourth-order valence-corrected chi connectivity index (χ4v) is 3.84. The number of amides is 1. The molecule has 1 unspecified atom stereocenters. The number of allylic oxidation sites excluding steroid dienone is 1. The van der Waals surface area contributed by atoms with E-state index in [1.165, 1.54) is 0 Å². The summed E-state index contributed by atoms with van der Waals surface area (Å²) in [6, 6.07) is -0.428. The van der Waals surface area contributed by atoms with Crippen molar-refractivity contribution in [2.45, 2.75) is 51.6 Å². The van der Waals surface area contributed by atoms with Gasteiger partial charge in [-0.05, 0) is 39.5 Å². The van der Waals surface area contributed by atoms with Gasteiger partial charge in [-0.15, -0.1) is 5.01 Å². The molecule has 8 nitrogen and oxygen atoms in total. The van der Waals surface area contributed by atoms with Crippen molar-refractivity contribution < 1.29 is 9.66 Å². The number of nitrogens with zero attached hydrogens (tertiary/aromatic N) is 4. The van der Waals surface area contributed by atoms with Gasteiger partial charge in [0.15, 0.2) is 5.65 Å². The lowest BCUT2D eigenvalue weighted by atomic mass is 9.91. The van der Waals surface area contributed by atoms with E-state index >= 15 is 0 Å². The van der Waals surface area contributed by atoms with E-state index in [0.29, 0.717) is 22.4 Å². The van der Waals surface area contributed by atoms with Crippen LogP contribution < -0.4 is 5.32 Å². The third-order valence-electron chi connectivity index (χ3n) is 5.06. The molecule has 136 valence electrons. The van der Waals surface area contributed by atoms with Crippen molar-refractivity contribution in [2.24, 2.45) is 0 Å². The lowest BCUT2D eigenvalue weighted by Gasteiger charge is -2.12. The van der Waals surface area contributed by atoms with Gasteiger partial charge in [-0.2, -0.15) is 0 Å². The van der Waals surface area contributed by atoms with E-state index in [2.05, 4.69) is 20.3 Å². The molecule has 26 heavy (non-hydrogen) atoms. The number of aromatic nitrogens is 3. The van der Waals surface area contributed by atoms with Crippen LogP contribution in [0, 0.1) is 4.91 Å². The number of aromatic amines is 1. The highest BCUT2D eigenvalue weighted by molar-refractivity contribution is 6.04. The Balaban J connectivity index is 1.77. The fourth-order valence-electron chi connectivity index (χ4n) is 3.84. The molecule has 2 aromatic heterocycles.